The number of hydrogen-bond acceptors (Lipinski definition) is 4. The molecule has 2 atom stereocenters. The highest BCUT2D eigenvalue weighted by Crippen LogP contribution is 2.52. The lowest BCUT2D eigenvalue weighted by atomic mass is 9.79. The first-order valence-corrected chi connectivity index (χ1v) is 34.1. The number of nitrogens with zero attached hydrogens (tertiary/aromatic N) is 4. The van der Waals surface area contributed by atoms with Gasteiger partial charge in [-0.3, -0.25) is 4.48 Å². The van der Waals surface area contributed by atoms with Crippen molar-refractivity contribution in [1.29, 1.82) is 0 Å². The van der Waals surface area contributed by atoms with E-state index in [0.29, 0.717) is 6.04 Å². The van der Waals surface area contributed by atoms with Gasteiger partial charge in [-0.1, -0.05) is 166 Å². The van der Waals surface area contributed by atoms with Crippen LogP contribution in [0.2, 0.25) is 0 Å². The molecule has 0 spiro atoms. The number of allylic oxidation sites excluding steroid dienone is 13. The molecule has 4 aromatic rings. The Morgan fingerprint density at radius 2 is 1.15 bits per heavy atom. The number of fused-ring (bicyclic) bond motifs is 4. The third-order valence-electron chi connectivity index (χ3n) is 20.5. The Hall–Kier alpha value is -5.82. The quantitative estimate of drug-likeness (QED) is 0.0663. The zero-order valence-corrected chi connectivity index (χ0v) is 56.0. The van der Waals surface area contributed by atoms with Gasteiger partial charge in [0.1, 0.15) is 18.3 Å². The molecule has 0 saturated carbocycles. The molecule has 5 nitrogen and oxygen atoms in total. The maximum absolute atomic E-state index is 4.23. The molecular weight excluding hydrogens is 1050 g/mol. The summed E-state index contributed by atoms with van der Waals surface area (Å²) in [4.78, 5) is 6.72. The minimum atomic E-state index is -0.0841. The Bertz CT molecular complexity index is 3430. The van der Waals surface area contributed by atoms with Gasteiger partial charge in [0.25, 0.3) is 0 Å². The first-order chi connectivity index (χ1) is 40.6. The number of thioether (sulfide) groups is 1. The first-order valence-electron chi connectivity index (χ1n) is 33.1. The predicted octanol–water partition coefficient (Wildman–Crippen LogP) is 19.9. The Balaban J connectivity index is 0.984. The van der Waals surface area contributed by atoms with Crippen LogP contribution in [0.4, 0.5) is 22.7 Å². The van der Waals surface area contributed by atoms with Gasteiger partial charge in [-0.05, 0) is 167 Å². The number of para-hydroxylation sites is 4. The van der Waals surface area contributed by atoms with Gasteiger partial charge in [0.05, 0.1) is 24.4 Å². The van der Waals surface area contributed by atoms with Crippen molar-refractivity contribution in [3.8, 4) is 0 Å². The summed E-state index contributed by atoms with van der Waals surface area (Å²) in [6.45, 7) is 39.0. The molecule has 0 radical (unpaired) electrons. The summed E-state index contributed by atoms with van der Waals surface area (Å²) in [6.07, 6.45) is 32.5. The Morgan fingerprint density at radius 3 is 1.76 bits per heavy atom. The maximum atomic E-state index is 4.23. The molecular formula is C79H105N5S+2. The summed E-state index contributed by atoms with van der Waals surface area (Å²) in [7, 11) is 2.50. The number of benzene rings is 4. The van der Waals surface area contributed by atoms with Crippen molar-refractivity contribution >= 4 is 40.2 Å². The van der Waals surface area contributed by atoms with Gasteiger partial charge in [-0.15, -0.1) is 11.8 Å². The molecule has 4 aromatic carbocycles. The molecule has 2 unspecified atom stereocenters. The minimum Gasteiger partial charge on any atom is -0.385 e. The summed E-state index contributed by atoms with van der Waals surface area (Å²) in [6, 6.07) is 37.0. The summed E-state index contributed by atoms with van der Waals surface area (Å²) >= 11 is 2.14. The molecule has 0 fully saturated rings. The molecule has 85 heavy (non-hydrogen) atoms. The molecule has 0 aromatic heterocycles. The number of rotatable bonds is 21. The number of likely N-dealkylation sites (N-methyl/N-ethyl adjacent to an activating group) is 1. The monoisotopic (exact) mass is 1160 g/mol. The Labute approximate surface area is 519 Å². The van der Waals surface area contributed by atoms with Crippen molar-refractivity contribution in [2.75, 3.05) is 55.3 Å². The van der Waals surface area contributed by atoms with E-state index >= 15 is 0 Å². The molecule has 6 aliphatic rings. The van der Waals surface area contributed by atoms with E-state index in [1.807, 2.05) is 0 Å². The Morgan fingerprint density at radius 1 is 0.600 bits per heavy atom. The van der Waals surface area contributed by atoms with Crippen molar-refractivity contribution in [3.05, 3.63) is 212 Å². The third-order valence-corrected chi connectivity index (χ3v) is 22.2. The van der Waals surface area contributed by atoms with Crippen molar-refractivity contribution < 1.29 is 4.58 Å². The standard InChI is InChI=1S/C79H104N5S/c1-16-52-81-65-38-24-20-34-61(65)76(7,8)69(81)46-42-57-30-28-31-58(43-47-70-77(9,10)62-35-21-25-39-66(62)82(70)53-17-2)73(57)80-51-50-75(5,6)56-85-74-59(44-48-71-78(11,12)63-36-22-26-40-67(63)83(71)54-18-3)32-29-33-60(74)45-49-72-79(13,14)64-37-23-27-41-68(64)84(72,15)55-19-4/h20-27,34-49,72H,16-19,28-33,50-56H2,1-15H3/q+1/p+1/b49-45+,57-42+,59-44+,69-46+,71-48+. The molecule has 4 heterocycles. The minimum absolute atomic E-state index is 0.0142. The SMILES string of the molecule is CCCN1/C(=C/C=C2\CCCC(/C=C/C3=[N+](CCC)c4ccccc4C3(C)C)=C2NCCC(C)(C)CSC2=C(/C=C/C3C(C)(C)c4ccccc4[N+]3(C)CCC)CCC/C2=C\C=C2\N(CCC)c3ccccc3C2(C)C)C(C)(C)c2ccccc21. The Kier molecular flexibility index (Phi) is 18.4. The van der Waals surface area contributed by atoms with Crippen molar-refractivity contribution in [3.63, 3.8) is 0 Å². The van der Waals surface area contributed by atoms with Gasteiger partial charge in [-0.25, -0.2) is 0 Å². The topological polar surface area (TPSA) is 21.5 Å². The smallest absolute Gasteiger partial charge is 0.209 e. The fourth-order valence-electron chi connectivity index (χ4n) is 16.0. The van der Waals surface area contributed by atoms with Crippen LogP contribution in [0.25, 0.3) is 0 Å². The molecule has 1 N–H and O–H groups in total. The summed E-state index contributed by atoms with van der Waals surface area (Å²) in [5.41, 5.74) is 22.6. The van der Waals surface area contributed by atoms with Crippen LogP contribution in [-0.2, 0) is 21.7 Å². The largest absolute Gasteiger partial charge is 0.385 e. The molecule has 6 heteroatoms. The van der Waals surface area contributed by atoms with E-state index in [9.17, 15) is 0 Å². The van der Waals surface area contributed by atoms with Gasteiger partial charge in [0, 0.05) is 99.3 Å². The number of hydrogen-bond donors (Lipinski definition) is 1. The average molecular weight is 1160 g/mol. The lowest BCUT2D eigenvalue weighted by Gasteiger charge is -2.39. The second kappa shape index (κ2) is 25.1. The van der Waals surface area contributed by atoms with Crippen molar-refractivity contribution in [2.24, 2.45) is 5.41 Å². The van der Waals surface area contributed by atoms with Crippen LogP contribution >= 0.6 is 11.8 Å². The number of nitrogens with one attached hydrogen (secondary N) is 1. The van der Waals surface area contributed by atoms with Crippen LogP contribution in [-0.4, -0.2) is 61.9 Å². The fourth-order valence-corrected chi connectivity index (χ4v) is 17.4. The van der Waals surface area contributed by atoms with E-state index in [1.165, 1.54) is 101 Å². The second-order valence-electron chi connectivity index (χ2n) is 28.7. The number of anilines is 2. The van der Waals surface area contributed by atoms with Crippen LogP contribution in [0.15, 0.2) is 190 Å². The molecule has 0 saturated heterocycles. The summed E-state index contributed by atoms with van der Waals surface area (Å²) in [5.74, 6) is 1.04. The highest BCUT2D eigenvalue weighted by atomic mass is 32.2. The van der Waals surface area contributed by atoms with Crippen molar-refractivity contribution in [2.45, 2.75) is 195 Å². The molecule has 4 aliphatic heterocycles. The molecule has 10 rings (SSSR count). The second-order valence-corrected chi connectivity index (χ2v) is 29.7. The number of quaternary nitrogens is 1. The van der Waals surface area contributed by atoms with E-state index in [1.54, 1.807) is 0 Å². The predicted molar refractivity (Wildman–Crippen MR) is 371 cm³/mol. The highest BCUT2D eigenvalue weighted by molar-refractivity contribution is 8.03. The van der Waals surface area contributed by atoms with Gasteiger partial charge in [-0.2, -0.15) is 4.58 Å². The van der Waals surface area contributed by atoms with Crippen LogP contribution in [0, 0.1) is 5.41 Å². The molecule has 450 valence electrons. The molecule has 0 amide bonds. The lowest BCUT2D eigenvalue weighted by molar-refractivity contribution is -0.437. The molecule has 0 bridgehead atoms. The summed E-state index contributed by atoms with van der Waals surface area (Å²) < 4.78 is 3.55. The third kappa shape index (κ3) is 11.8. The lowest BCUT2D eigenvalue weighted by Crippen LogP contribution is -2.55. The fraction of sp³-hybridized carbons (Fsp3) is 0.481. The van der Waals surface area contributed by atoms with E-state index in [2.05, 4.69) is 281 Å². The van der Waals surface area contributed by atoms with E-state index < -0.39 is 0 Å². The van der Waals surface area contributed by atoms with Crippen LogP contribution in [0.3, 0.4) is 0 Å². The zero-order chi connectivity index (χ0) is 60.5. The van der Waals surface area contributed by atoms with Crippen LogP contribution in [0.1, 0.15) is 190 Å². The van der Waals surface area contributed by atoms with Crippen LogP contribution in [0.5, 0.6) is 0 Å². The van der Waals surface area contributed by atoms with Gasteiger partial charge in [0.2, 0.25) is 5.69 Å². The average Bonchev–Trinajstić information content (AvgIpc) is 2.25. The van der Waals surface area contributed by atoms with Crippen LogP contribution < -0.4 is 19.6 Å². The van der Waals surface area contributed by atoms with E-state index in [4.69, 9.17) is 0 Å². The van der Waals surface area contributed by atoms with E-state index in [0.717, 1.165) is 107 Å². The normalized spacial score (nSPS) is 24.1. The van der Waals surface area contributed by atoms with Crippen molar-refractivity contribution in [1.82, 2.24) is 9.80 Å². The van der Waals surface area contributed by atoms with Gasteiger partial charge >= 0.3 is 0 Å². The summed E-state index contributed by atoms with van der Waals surface area (Å²) in [5, 5.41) is 4.23. The van der Waals surface area contributed by atoms with Gasteiger partial charge in [0.15, 0.2) is 5.71 Å². The zero-order valence-electron chi connectivity index (χ0n) is 55.2. The molecule has 2 aliphatic carbocycles. The first kappa shape index (κ1) is 62.2. The van der Waals surface area contributed by atoms with E-state index in [-0.39, 0.29) is 27.1 Å². The highest BCUT2D eigenvalue weighted by Gasteiger charge is 2.53. The maximum Gasteiger partial charge on any atom is 0.209 e. The van der Waals surface area contributed by atoms with Gasteiger partial charge < -0.3 is 15.1 Å².